The Morgan fingerprint density at radius 3 is 2.95 bits per heavy atom. The van der Waals surface area contributed by atoms with Crippen molar-refractivity contribution in [3.63, 3.8) is 0 Å². The van der Waals surface area contributed by atoms with E-state index in [1.807, 2.05) is 19.1 Å². The SMILES string of the molecule is COc1cccc(CCN2CC3CCC2C(C)(O)C3)c1. The number of fused-ring (bicyclic) bond motifs is 3. The third-order valence-corrected chi connectivity index (χ3v) is 5.02. The Hall–Kier alpha value is -1.06. The van der Waals surface area contributed by atoms with E-state index in [2.05, 4.69) is 17.0 Å². The van der Waals surface area contributed by atoms with Crippen molar-refractivity contribution in [3.8, 4) is 5.75 Å². The van der Waals surface area contributed by atoms with Gasteiger partial charge in [0.15, 0.2) is 0 Å². The fraction of sp³-hybridized carbons (Fsp3) is 0.647. The highest BCUT2D eigenvalue weighted by atomic mass is 16.5. The molecule has 0 amide bonds. The number of hydrogen-bond acceptors (Lipinski definition) is 3. The summed E-state index contributed by atoms with van der Waals surface area (Å²) in [5.41, 5.74) is 0.820. The number of methoxy groups -OCH3 is 1. The van der Waals surface area contributed by atoms with Gasteiger partial charge in [-0.15, -0.1) is 0 Å². The van der Waals surface area contributed by atoms with Gasteiger partial charge in [-0.1, -0.05) is 12.1 Å². The first-order valence-corrected chi connectivity index (χ1v) is 7.68. The summed E-state index contributed by atoms with van der Waals surface area (Å²) in [6, 6.07) is 8.64. The molecule has 0 aromatic heterocycles. The number of rotatable bonds is 4. The van der Waals surface area contributed by atoms with Crippen LogP contribution in [0.15, 0.2) is 24.3 Å². The molecule has 2 aliphatic heterocycles. The summed E-state index contributed by atoms with van der Waals surface area (Å²) in [5, 5.41) is 10.6. The van der Waals surface area contributed by atoms with Gasteiger partial charge in [0.1, 0.15) is 5.75 Å². The molecule has 4 rings (SSSR count). The fourth-order valence-corrected chi connectivity index (χ4v) is 4.07. The normalized spacial score (nSPS) is 33.4. The number of piperidine rings is 2. The Balaban J connectivity index is 1.63. The van der Waals surface area contributed by atoms with Crippen LogP contribution in [-0.2, 0) is 6.42 Å². The highest BCUT2D eigenvalue weighted by Crippen LogP contribution is 2.41. The van der Waals surface area contributed by atoms with Crippen LogP contribution in [-0.4, -0.2) is 41.8 Å². The third-order valence-electron chi connectivity index (χ3n) is 5.02. The molecule has 3 nitrogen and oxygen atoms in total. The van der Waals surface area contributed by atoms with Gasteiger partial charge in [0.2, 0.25) is 0 Å². The average molecular weight is 275 g/mol. The lowest BCUT2D eigenvalue weighted by Crippen LogP contribution is -2.61. The van der Waals surface area contributed by atoms with Gasteiger partial charge in [0.25, 0.3) is 0 Å². The van der Waals surface area contributed by atoms with Gasteiger partial charge in [-0.05, 0) is 56.2 Å². The molecule has 1 N–H and O–H groups in total. The number of benzene rings is 1. The van der Waals surface area contributed by atoms with Gasteiger partial charge in [-0.3, -0.25) is 4.90 Å². The summed E-state index contributed by atoms with van der Waals surface area (Å²) in [5.74, 6) is 1.61. The smallest absolute Gasteiger partial charge is 0.119 e. The van der Waals surface area contributed by atoms with E-state index in [4.69, 9.17) is 4.74 Å². The van der Waals surface area contributed by atoms with Crippen LogP contribution in [0.3, 0.4) is 0 Å². The van der Waals surface area contributed by atoms with E-state index < -0.39 is 5.60 Å². The molecule has 3 atom stereocenters. The minimum absolute atomic E-state index is 0.345. The molecule has 3 aliphatic rings. The number of hydrogen-bond donors (Lipinski definition) is 1. The van der Waals surface area contributed by atoms with E-state index in [-0.39, 0.29) is 0 Å². The average Bonchev–Trinajstić information content (AvgIpc) is 2.44. The molecule has 2 bridgehead atoms. The molecule has 1 aromatic rings. The molecule has 3 heteroatoms. The van der Waals surface area contributed by atoms with Crippen LogP contribution in [0.2, 0.25) is 0 Å². The minimum Gasteiger partial charge on any atom is -0.497 e. The molecule has 1 aromatic carbocycles. The predicted octanol–water partition coefficient (Wildman–Crippen LogP) is 2.47. The van der Waals surface area contributed by atoms with Gasteiger partial charge in [-0.25, -0.2) is 0 Å². The zero-order valence-corrected chi connectivity index (χ0v) is 12.5. The molecular formula is C17H25NO2. The predicted molar refractivity (Wildman–Crippen MR) is 80.0 cm³/mol. The number of ether oxygens (including phenoxy) is 1. The molecule has 3 fully saturated rings. The maximum Gasteiger partial charge on any atom is 0.119 e. The molecule has 0 spiro atoms. The van der Waals surface area contributed by atoms with Crippen molar-refractivity contribution in [1.82, 2.24) is 4.90 Å². The Bertz CT molecular complexity index is 472. The van der Waals surface area contributed by atoms with Gasteiger partial charge >= 0.3 is 0 Å². The summed E-state index contributed by atoms with van der Waals surface area (Å²) < 4.78 is 5.28. The van der Waals surface area contributed by atoms with Crippen molar-refractivity contribution in [2.24, 2.45) is 5.92 Å². The lowest BCUT2D eigenvalue weighted by Gasteiger charge is -2.53. The van der Waals surface area contributed by atoms with Crippen molar-refractivity contribution in [2.45, 2.75) is 44.2 Å². The van der Waals surface area contributed by atoms with Crippen molar-refractivity contribution in [1.29, 1.82) is 0 Å². The monoisotopic (exact) mass is 275 g/mol. The standard InChI is InChI=1S/C17H25NO2/c1-17(19)11-14-6-7-16(17)18(12-14)9-8-13-4-3-5-15(10-13)20-2/h3-5,10,14,16,19H,6-9,11-12H2,1-2H3. The minimum atomic E-state index is -0.491. The first kappa shape index (κ1) is 13.9. The Labute approximate surface area is 121 Å². The highest BCUT2D eigenvalue weighted by molar-refractivity contribution is 5.28. The van der Waals surface area contributed by atoms with E-state index >= 15 is 0 Å². The zero-order chi connectivity index (χ0) is 14.2. The molecule has 1 aliphatic carbocycles. The Morgan fingerprint density at radius 2 is 2.25 bits per heavy atom. The van der Waals surface area contributed by atoms with Crippen LogP contribution in [0.4, 0.5) is 0 Å². The van der Waals surface area contributed by atoms with Gasteiger partial charge in [-0.2, -0.15) is 0 Å². The molecule has 0 radical (unpaired) electrons. The highest BCUT2D eigenvalue weighted by Gasteiger charge is 2.46. The zero-order valence-electron chi connectivity index (χ0n) is 12.5. The third kappa shape index (κ3) is 2.70. The van der Waals surface area contributed by atoms with Gasteiger partial charge in [0, 0.05) is 19.1 Å². The van der Waals surface area contributed by atoms with Crippen LogP contribution in [0.1, 0.15) is 31.7 Å². The topological polar surface area (TPSA) is 32.7 Å². The van der Waals surface area contributed by atoms with E-state index in [1.54, 1.807) is 7.11 Å². The van der Waals surface area contributed by atoms with Crippen molar-refractivity contribution in [2.75, 3.05) is 20.2 Å². The van der Waals surface area contributed by atoms with E-state index in [0.717, 1.165) is 38.1 Å². The van der Waals surface area contributed by atoms with Crippen LogP contribution in [0, 0.1) is 5.92 Å². The molecule has 20 heavy (non-hydrogen) atoms. The second kappa shape index (κ2) is 5.38. The first-order valence-electron chi connectivity index (χ1n) is 7.68. The summed E-state index contributed by atoms with van der Waals surface area (Å²) >= 11 is 0. The fourth-order valence-electron chi connectivity index (χ4n) is 4.07. The quantitative estimate of drug-likeness (QED) is 0.916. The first-order chi connectivity index (χ1) is 9.58. The molecular weight excluding hydrogens is 250 g/mol. The number of nitrogens with zero attached hydrogens (tertiary/aromatic N) is 1. The molecule has 110 valence electrons. The van der Waals surface area contributed by atoms with Crippen molar-refractivity contribution >= 4 is 0 Å². The van der Waals surface area contributed by atoms with Crippen LogP contribution in [0.5, 0.6) is 5.75 Å². The summed E-state index contributed by atoms with van der Waals surface area (Å²) in [6.07, 6.45) is 4.44. The van der Waals surface area contributed by atoms with Crippen molar-refractivity contribution in [3.05, 3.63) is 29.8 Å². The van der Waals surface area contributed by atoms with Crippen molar-refractivity contribution < 1.29 is 9.84 Å². The maximum absolute atomic E-state index is 10.6. The summed E-state index contributed by atoms with van der Waals surface area (Å²) in [7, 11) is 1.71. The van der Waals surface area contributed by atoms with Crippen LogP contribution in [0.25, 0.3) is 0 Å². The summed E-state index contributed by atoms with van der Waals surface area (Å²) in [6.45, 7) is 4.21. The second-order valence-electron chi connectivity index (χ2n) is 6.62. The Kier molecular flexibility index (Phi) is 3.74. The van der Waals surface area contributed by atoms with E-state index in [1.165, 1.54) is 12.0 Å². The largest absolute Gasteiger partial charge is 0.497 e. The number of aliphatic hydroxyl groups is 1. The molecule has 3 unspecified atom stereocenters. The van der Waals surface area contributed by atoms with Crippen LogP contribution >= 0.6 is 0 Å². The Morgan fingerprint density at radius 1 is 1.40 bits per heavy atom. The lowest BCUT2D eigenvalue weighted by molar-refractivity contribution is -0.119. The van der Waals surface area contributed by atoms with Gasteiger partial charge in [0.05, 0.1) is 12.7 Å². The second-order valence-corrected chi connectivity index (χ2v) is 6.62. The molecule has 2 saturated heterocycles. The molecule has 1 saturated carbocycles. The van der Waals surface area contributed by atoms with Crippen LogP contribution < -0.4 is 4.74 Å². The van der Waals surface area contributed by atoms with E-state index in [9.17, 15) is 5.11 Å². The van der Waals surface area contributed by atoms with E-state index in [0.29, 0.717) is 12.0 Å². The summed E-state index contributed by atoms with van der Waals surface area (Å²) in [4.78, 5) is 2.50. The van der Waals surface area contributed by atoms with Gasteiger partial charge < -0.3 is 9.84 Å². The maximum atomic E-state index is 10.6. The molecule has 2 heterocycles. The lowest BCUT2D eigenvalue weighted by atomic mass is 9.70.